The van der Waals surface area contributed by atoms with Crippen LogP contribution in [-0.4, -0.2) is 22.7 Å². The van der Waals surface area contributed by atoms with Crippen LogP contribution in [0.15, 0.2) is 12.4 Å². The third-order valence-electron chi connectivity index (χ3n) is 3.71. The smallest absolute Gasteiger partial charge is 0.131 e. The van der Waals surface area contributed by atoms with Crippen molar-refractivity contribution in [2.75, 3.05) is 6.61 Å². The van der Waals surface area contributed by atoms with Crippen LogP contribution in [0.25, 0.3) is 0 Å². The molecule has 3 nitrogen and oxygen atoms in total. The predicted octanol–water partition coefficient (Wildman–Crippen LogP) is 3.49. The van der Waals surface area contributed by atoms with Gasteiger partial charge in [0.1, 0.15) is 5.82 Å². The Kier molecular flexibility index (Phi) is 5.12. The van der Waals surface area contributed by atoms with Crippen LogP contribution in [-0.2, 0) is 11.2 Å². The Morgan fingerprint density at radius 2 is 1.78 bits per heavy atom. The number of hydrogen-bond donors (Lipinski definition) is 0. The number of aryl methyl sites for hydroxylation is 1. The van der Waals surface area contributed by atoms with Crippen LogP contribution in [0.3, 0.4) is 0 Å². The summed E-state index contributed by atoms with van der Waals surface area (Å²) < 4.78 is 5.68. The maximum atomic E-state index is 5.68. The summed E-state index contributed by atoms with van der Waals surface area (Å²) in [7, 11) is 0. The van der Waals surface area contributed by atoms with Gasteiger partial charge in [0.2, 0.25) is 0 Å². The van der Waals surface area contributed by atoms with Crippen molar-refractivity contribution in [1.82, 2.24) is 9.97 Å². The first-order valence-electron chi connectivity index (χ1n) is 7.25. The summed E-state index contributed by atoms with van der Waals surface area (Å²) >= 11 is 0. The number of aromatic nitrogens is 2. The van der Waals surface area contributed by atoms with Crippen LogP contribution >= 0.6 is 0 Å². The highest BCUT2D eigenvalue weighted by atomic mass is 16.5. The van der Waals surface area contributed by atoms with E-state index in [0.29, 0.717) is 12.0 Å². The highest BCUT2D eigenvalue weighted by molar-refractivity contribution is 5.08. The van der Waals surface area contributed by atoms with Gasteiger partial charge >= 0.3 is 0 Å². The minimum atomic E-state index is 0.464. The second kappa shape index (κ2) is 6.83. The van der Waals surface area contributed by atoms with E-state index in [1.807, 2.05) is 12.4 Å². The minimum Gasteiger partial charge on any atom is -0.379 e. The van der Waals surface area contributed by atoms with Crippen molar-refractivity contribution >= 4 is 0 Å². The van der Waals surface area contributed by atoms with Crippen molar-refractivity contribution in [3.05, 3.63) is 23.8 Å². The Bertz CT molecular complexity index is 342. The second-order valence-electron chi connectivity index (χ2n) is 5.13. The molecule has 0 bridgehead atoms. The SMILES string of the molecule is CCCc1cnc(C2CCC(OCC)CC2)nc1. The van der Waals surface area contributed by atoms with E-state index >= 15 is 0 Å². The van der Waals surface area contributed by atoms with E-state index in [1.54, 1.807) is 0 Å². The fourth-order valence-electron chi connectivity index (χ4n) is 2.72. The van der Waals surface area contributed by atoms with Gasteiger partial charge in [-0.15, -0.1) is 0 Å². The number of nitrogens with zero attached hydrogens (tertiary/aromatic N) is 2. The quantitative estimate of drug-likeness (QED) is 0.800. The first kappa shape index (κ1) is 13.5. The van der Waals surface area contributed by atoms with Crippen LogP contribution in [0.5, 0.6) is 0 Å². The van der Waals surface area contributed by atoms with E-state index in [1.165, 1.54) is 5.56 Å². The largest absolute Gasteiger partial charge is 0.379 e. The third-order valence-corrected chi connectivity index (χ3v) is 3.71. The molecule has 0 radical (unpaired) electrons. The second-order valence-corrected chi connectivity index (χ2v) is 5.13. The molecule has 1 aromatic rings. The molecule has 0 saturated heterocycles. The normalized spacial score (nSPS) is 24.1. The lowest BCUT2D eigenvalue weighted by Crippen LogP contribution is -2.21. The fourth-order valence-corrected chi connectivity index (χ4v) is 2.72. The van der Waals surface area contributed by atoms with Crippen LogP contribution in [0, 0.1) is 0 Å². The molecule has 0 amide bonds. The molecular formula is C15H24N2O. The van der Waals surface area contributed by atoms with E-state index in [4.69, 9.17) is 4.74 Å². The van der Waals surface area contributed by atoms with Gasteiger partial charge < -0.3 is 4.74 Å². The monoisotopic (exact) mass is 248 g/mol. The zero-order valence-electron chi connectivity index (χ0n) is 11.6. The highest BCUT2D eigenvalue weighted by Gasteiger charge is 2.24. The van der Waals surface area contributed by atoms with Crippen molar-refractivity contribution in [3.63, 3.8) is 0 Å². The number of ether oxygens (including phenoxy) is 1. The van der Waals surface area contributed by atoms with Gasteiger partial charge in [0, 0.05) is 24.9 Å². The van der Waals surface area contributed by atoms with Crippen molar-refractivity contribution in [3.8, 4) is 0 Å². The van der Waals surface area contributed by atoms with Crippen molar-refractivity contribution < 1.29 is 4.74 Å². The van der Waals surface area contributed by atoms with Gasteiger partial charge in [0.25, 0.3) is 0 Å². The van der Waals surface area contributed by atoms with E-state index < -0.39 is 0 Å². The van der Waals surface area contributed by atoms with E-state index in [2.05, 4.69) is 23.8 Å². The van der Waals surface area contributed by atoms with Gasteiger partial charge in [-0.3, -0.25) is 0 Å². The lowest BCUT2D eigenvalue weighted by Gasteiger charge is -2.27. The van der Waals surface area contributed by atoms with E-state index in [9.17, 15) is 0 Å². The lowest BCUT2D eigenvalue weighted by atomic mass is 9.87. The average molecular weight is 248 g/mol. The molecule has 1 saturated carbocycles. The Morgan fingerprint density at radius 1 is 1.11 bits per heavy atom. The van der Waals surface area contributed by atoms with Gasteiger partial charge in [-0.25, -0.2) is 9.97 Å². The van der Waals surface area contributed by atoms with Crippen LogP contribution < -0.4 is 0 Å². The van der Waals surface area contributed by atoms with Gasteiger partial charge in [-0.1, -0.05) is 13.3 Å². The highest BCUT2D eigenvalue weighted by Crippen LogP contribution is 2.32. The molecule has 0 aromatic carbocycles. The number of rotatable bonds is 5. The Morgan fingerprint density at radius 3 is 2.33 bits per heavy atom. The maximum Gasteiger partial charge on any atom is 0.131 e. The molecule has 1 aliphatic carbocycles. The van der Waals surface area contributed by atoms with Gasteiger partial charge in [0.05, 0.1) is 6.10 Å². The fraction of sp³-hybridized carbons (Fsp3) is 0.733. The van der Waals surface area contributed by atoms with Crippen LogP contribution in [0.2, 0.25) is 0 Å². The summed E-state index contributed by atoms with van der Waals surface area (Å²) in [5.41, 5.74) is 1.25. The van der Waals surface area contributed by atoms with Crippen molar-refractivity contribution in [2.45, 2.75) is 64.4 Å². The summed E-state index contributed by atoms with van der Waals surface area (Å²) in [4.78, 5) is 9.08. The molecule has 1 aliphatic rings. The predicted molar refractivity (Wildman–Crippen MR) is 72.7 cm³/mol. The summed E-state index contributed by atoms with van der Waals surface area (Å²) in [6, 6.07) is 0. The number of hydrogen-bond acceptors (Lipinski definition) is 3. The van der Waals surface area contributed by atoms with E-state index in [0.717, 1.165) is 51.0 Å². The van der Waals surface area contributed by atoms with Gasteiger partial charge in [-0.2, -0.15) is 0 Å². The maximum absolute atomic E-state index is 5.68. The zero-order valence-corrected chi connectivity index (χ0v) is 11.6. The van der Waals surface area contributed by atoms with Gasteiger partial charge in [-0.05, 0) is 44.6 Å². The molecule has 0 atom stereocenters. The molecular weight excluding hydrogens is 224 g/mol. The first-order chi connectivity index (χ1) is 8.83. The molecule has 0 aliphatic heterocycles. The van der Waals surface area contributed by atoms with Crippen LogP contribution in [0.4, 0.5) is 0 Å². The lowest BCUT2D eigenvalue weighted by molar-refractivity contribution is 0.0322. The molecule has 0 N–H and O–H groups in total. The van der Waals surface area contributed by atoms with Crippen LogP contribution in [0.1, 0.15) is 63.3 Å². The van der Waals surface area contributed by atoms with Gasteiger partial charge in [0.15, 0.2) is 0 Å². The standard InChI is InChI=1S/C15H24N2O/c1-3-5-12-10-16-15(17-11-12)13-6-8-14(9-7-13)18-4-2/h10-11,13-14H,3-9H2,1-2H3. The van der Waals surface area contributed by atoms with Crippen molar-refractivity contribution in [2.24, 2.45) is 0 Å². The molecule has 2 rings (SSSR count). The molecule has 1 fully saturated rings. The molecule has 3 heteroatoms. The molecule has 1 aromatic heterocycles. The minimum absolute atomic E-state index is 0.464. The summed E-state index contributed by atoms with van der Waals surface area (Å²) in [5.74, 6) is 1.57. The Balaban J connectivity index is 1.89. The van der Waals surface area contributed by atoms with Crippen molar-refractivity contribution in [1.29, 1.82) is 0 Å². The molecule has 1 heterocycles. The first-order valence-corrected chi connectivity index (χ1v) is 7.25. The average Bonchev–Trinajstić information content (AvgIpc) is 2.41. The summed E-state index contributed by atoms with van der Waals surface area (Å²) in [6.07, 6.45) is 11.3. The molecule has 100 valence electrons. The Hall–Kier alpha value is -0.960. The zero-order chi connectivity index (χ0) is 12.8. The molecule has 0 spiro atoms. The third kappa shape index (κ3) is 3.52. The summed E-state index contributed by atoms with van der Waals surface area (Å²) in [5, 5.41) is 0. The Labute approximate surface area is 110 Å². The summed E-state index contributed by atoms with van der Waals surface area (Å²) in [6.45, 7) is 5.09. The topological polar surface area (TPSA) is 35.0 Å². The molecule has 18 heavy (non-hydrogen) atoms. The van der Waals surface area contributed by atoms with E-state index in [-0.39, 0.29) is 0 Å². The molecule has 0 unspecified atom stereocenters.